The fraction of sp³-hybridized carbons (Fsp3) is 0.231. The Labute approximate surface area is 108 Å². The molecule has 2 rings (SSSR count). The molecule has 1 aromatic heterocycles. The molecule has 0 saturated heterocycles. The van der Waals surface area contributed by atoms with Gasteiger partial charge in [-0.3, -0.25) is 0 Å². The van der Waals surface area contributed by atoms with Gasteiger partial charge in [0.2, 0.25) is 0 Å². The summed E-state index contributed by atoms with van der Waals surface area (Å²) in [5, 5.41) is 3.10. The van der Waals surface area contributed by atoms with Gasteiger partial charge in [-0.2, -0.15) is 0 Å². The van der Waals surface area contributed by atoms with E-state index in [-0.39, 0.29) is 11.9 Å². The van der Waals surface area contributed by atoms with Gasteiger partial charge in [-0.25, -0.2) is 4.39 Å². The lowest BCUT2D eigenvalue weighted by atomic mass is 10.2. The van der Waals surface area contributed by atoms with Gasteiger partial charge < -0.3 is 9.73 Å². The van der Waals surface area contributed by atoms with Gasteiger partial charge in [-0.1, -0.05) is 0 Å². The Morgan fingerprint density at radius 2 is 2.06 bits per heavy atom. The Morgan fingerprint density at radius 3 is 2.71 bits per heavy atom. The SMILES string of the molecule is CNC(C)c1ccc(-c2ccc(F)c(Br)c2)o1. The third kappa shape index (κ3) is 2.58. The molecule has 0 amide bonds. The van der Waals surface area contributed by atoms with Crippen molar-refractivity contribution in [2.45, 2.75) is 13.0 Å². The van der Waals surface area contributed by atoms with Crippen molar-refractivity contribution in [2.24, 2.45) is 0 Å². The number of halogens is 2. The summed E-state index contributed by atoms with van der Waals surface area (Å²) in [5.41, 5.74) is 0.854. The molecule has 90 valence electrons. The van der Waals surface area contributed by atoms with E-state index in [2.05, 4.69) is 21.2 Å². The van der Waals surface area contributed by atoms with E-state index in [0.29, 0.717) is 4.47 Å². The summed E-state index contributed by atoms with van der Waals surface area (Å²) < 4.78 is 19.3. The van der Waals surface area contributed by atoms with E-state index in [1.807, 2.05) is 26.1 Å². The molecule has 0 fully saturated rings. The molecule has 17 heavy (non-hydrogen) atoms. The molecule has 2 aromatic rings. The minimum atomic E-state index is -0.274. The summed E-state index contributed by atoms with van der Waals surface area (Å²) in [6.45, 7) is 2.02. The molecular weight excluding hydrogens is 285 g/mol. The maximum atomic E-state index is 13.1. The van der Waals surface area contributed by atoms with Crippen molar-refractivity contribution in [3.63, 3.8) is 0 Å². The Hall–Kier alpha value is -1.13. The molecular formula is C13H13BrFNO. The summed E-state index contributed by atoms with van der Waals surface area (Å²) in [5.74, 6) is 1.33. The van der Waals surface area contributed by atoms with Gasteiger partial charge >= 0.3 is 0 Å². The highest BCUT2D eigenvalue weighted by Crippen LogP contribution is 2.28. The monoisotopic (exact) mass is 297 g/mol. The number of hydrogen-bond donors (Lipinski definition) is 1. The van der Waals surface area contributed by atoms with Crippen molar-refractivity contribution in [1.82, 2.24) is 5.32 Å². The molecule has 0 spiro atoms. The summed E-state index contributed by atoms with van der Waals surface area (Å²) in [4.78, 5) is 0. The lowest BCUT2D eigenvalue weighted by molar-refractivity contribution is 0.458. The Kier molecular flexibility index (Phi) is 3.64. The maximum Gasteiger partial charge on any atom is 0.137 e. The Bertz CT molecular complexity index is 524. The van der Waals surface area contributed by atoms with Crippen molar-refractivity contribution < 1.29 is 8.81 Å². The molecule has 1 aromatic carbocycles. The van der Waals surface area contributed by atoms with Crippen LogP contribution in [0, 0.1) is 5.82 Å². The highest BCUT2D eigenvalue weighted by molar-refractivity contribution is 9.10. The normalized spacial score (nSPS) is 12.7. The molecule has 0 bridgehead atoms. The van der Waals surface area contributed by atoms with Gasteiger partial charge in [-0.15, -0.1) is 0 Å². The lowest BCUT2D eigenvalue weighted by Gasteiger charge is -2.05. The molecule has 1 heterocycles. The molecule has 0 radical (unpaired) electrons. The first-order valence-electron chi connectivity index (χ1n) is 5.34. The van der Waals surface area contributed by atoms with Crippen molar-refractivity contribution >= 4 is 15.9 Å². The van der Waals surface area contributed by atoms with Crippen LogP contribution in [0.1, 0.15) is 18.7 Å². The first kappa shape index (κ1) is 12.3. The van der Waals surface area contributed by atoms with Crippen LogP contribution in [0.4, 0.5) is 4.39 Å². The predicted molar refractivity (Wildman–Crippen MR) is 69.3 cm³/mol. The highest BCUT2D eigenvalue weighted by atomic mass is 79.9. The smallest absolute Gasteiger partial charge is 0.137 e. The summed E-state index contributed by atoms with van der Waals surface area (Å²) in [6.07, 6.45) is 0. The first-order valence-corrected chi connectivity index (χ1v) is 6.13. The van der Waals surface area contributed by atoms with Crippen LogP contribution < -0.4 is 5.32 Å². The van der Waals surface area contributed by atoms with Crippen LogP contribution >= 0.6 is 15.9 Å². The average Bonchev–Trinajstić information content (AvgIpc) is 2.81. The zero-order chi connectivity index (χ0) is 12.4. The van der Waals surface area contributed by atoms with E-state index in [9.17, 15) is 4.39 Å². The standard InChI is InChI=1S/C13H13BrFNO/c1-8(16-2)12-5-6-13(17-12)9-3-4-11(15)10(14)7-9/h3-8,16H,1-2H3. The second kappa shape index (κ2) is 5.02. The van der Waals surface area contributed by atoms with Crippen LogP contribution in [0.5, 0.6) is 0 Å². The molecule has 0 aliphatic rings. The maximum absolute atomic E-state index is 13.1. The summed E-state index contributed by atoms with van der Waals surface area (Å²) in [6, 6.07) is 8.81. The third-order valence-electron chi connectivity index (χ3n) is 2.69. The molecule has 1 atom stereocenters. The Balaban J connectivity index is 2.33. The van der Waals surface area contributed by atoms with Crippen molar-refractivity contribution in [1.29, 1.82) is 0 Å². The zero-order valence-electron chi connectivity index (χ0n) is 9.63. The van der Waals surface area contributed by atoms with Crippen LogP contribution in [-0.2, 0) is 0 Å². The van der Waals surface area contributed by atoms with Crippen LogP contribution in [0.25, 0.3) is 11.3 Å². The molecule has 0 aliphatic heterocycles. The van der Waals surface area contributed by atoms with E-state index in [1.165, 1.54) is 6.07 Å². The second-order valence-electron chi connectivity index (χ2n) is 3.84. The van der Waals surface area contributed by atoms with Gasteiger partial charge in [0, 0.05) is 5.56 Å². The van der Waals surface area contributed by atoms with Crippen LogP contribution in [0.2, 0.25) is 0 Å². The van der Waals surface area contributed by atoms with Crippen LogP contribution in [0.3, 0.4) is 0 Å². The van der Waals surface area contributed by atoms with Gasteiger partial charge in [0.1, 0.15) is 17.3 Å². The van der Waals surface area contributed by atoms with E-state index in [4.69, 9.17) is 4.42 Å². The third-order valence-corrected chi connectivity index (χ3v) is 3.30. The molecule has 0 aliphatic carbocycles. The minimum Gasteiger partial charge on any atom is -0.459 e. The molecule has 1 unspecified atom stereocenters. The molecule has 0 saturated carbocycles. The van der Waals surface area contributed by atoms with Gasteiger partial charge in [0.15, 0.2) is 0 Å². The number of nitrogens with one attached hydrogen (secondary N) is 1. The number of furan rings is 1. The highest BCUT2D eigenvalue weighted by Gasteiger charge is 2.10. The zero-order valence-corrected chi connectivity index (χ0v) is 11.2. The van der Waals surface area contributed by atoms with E-state index in [1.54, 1.807) is 12.1 Å². The van der Waals surface area contributed by atoms with Crippen molar-refractivity contribution in [3.05, 3.63) is 46.4 Å². The molecule has 1 N–H and O–H groups in total. The fourth-order valence-corrected chi connectivity index (χ4v) is 1.91. The van der Waals surface area contributed by atoms with Gasteiger partial charge in [0.05, 0.1) is 10.5 Å². The van der Waals surface area contributed by atoms with Crippen LogP contribution in [-0.4, -0.2) is 7.05 Å². The number of benzene rings is 1. The average molecular weight is 298 g/mol. The van der Waals surface area contributed by atoms with E-state index >= 15 is 0 Å². The molecule has 4 heteroatoms. The fourth-order valence-electron chi connectivity index (χ4n) is 1.53. The number of hydrogen-bond acceptors (Lipinski definition) is 2. The summed E-state index contributed by atoms with van der Waals surface area (Å²) in [7, 11) is 1.88. The number of rotatable bonds is 3. The second-order valence-corrected chi connectivity index (χ2v) is 4.70. The predicted octanol–water partition coefficient (Wildman–Crippen LogP) is 4.13. The summed E-state index contributed by atoms with van der Waals surface area (Å²) >= 11 is 3.16. The first-order chi connectivity index (χ1) is 8.11. The largest absolute Gasteiger partial charge is 0.459 e. The molecule has 2 nitrogen and oxygen atoms in total. The lowest BCUT2D eigenvalue weighted by Crippen LogP contribution is -2.10. The van der Waals surface area contributed by atoms with Crippen molar-refractivity contribution in [2.75, 3.05) is 7.05 Å². The van der Waals surface area contributed by atoms with E-state index in [0.717, 1.165) is 17.1 Å². The topological polar surface area (TPSA) is 25.2 Å². The van der Waals surface area contributed by atoms with Crippen molar-refractivity contribution in [3.8, 4) is 11.3 Å². The quantitative estimate of drug-likeness (QED) is 0.921. The van der Waals surface area contributed by atoms with Gasteiger partial charge in [-0.05, 0) is 60.2 Å². The van der Waals surface area contributed by atoms with Crippen LogP contribution in [0.15, 0.2) is 39.2 Å². The van der Waals surface area contributed by atoms with E-state index < -0.39 is 0 Å². The minimum absolute atomic E-state index is 0.160. The van der Waals surface area contributed by atoms with Gasteiger partial charge in [0.25, 0.3) is 0 Å². The Morgan fingerprint density at radius 1 is 1.29 bits per heavy atom.